The van der Waals surface area contributed by atoms with Gasteiger partial charge in [0.1, 0.15) is 0 Å². The molecule has 0 bridgehead atoms. The van der Waals surface area contributed by atoms with E-state index in [9.17, 15) is 9.90 Å². The molecule has 0 saturated heterocycles. The minimum atomic E-state index is -0.316. The van der Waals surface area contributed by atoms with Gasteiger partial charge < -0.3 is 15.4 Å². The average Bonchev–Trinajstić information content (AvgIpc) is 2.69. The van der Waals surface area contributed by atoms with E-state index < -0.39 is 0 Å². The molecule has 0 radical (unpaired) electrons. The first-order valence-corrected chi connectivity index (χ1v) is 5.18. The van der Waals surface area contributed by atoms with E-state index >= 15 is 0 Å². The number of nitrogens with two attached hydrogens (primary N) is 1. The Kier molecular flexibility index (Phi) is 2.92. The number of rotatable bonds is 4. The van der Waals surface area contributed by atoms with Gasteiger partial charge in [0.05, 0.1) is 12.1 Å². The third-order valence-corrected chi connectivity index (χ3v) is 2.64. The number of aliphatic hydroxyl groups excluding tert-OH is 1. The van der Waals surface area contributed by atoms with Crippen LogP contribution in [-0.4, -0.2) is 15.6 Å². The zero-order valence-electron chi connectivity index (χ0n) is 8.89. The van der Waals surface area contributed by atoms with E-state index in [-0.39, 0.29) is 12.5 Å². The highest BCUT2D eigenvalue weighted by Crippen LogP contribution is 2.20. The molecular weight excluding hydrogens is 204 g/mol. The number of aromatic nitrogens is 1. The van der Waals surface area contributed by atoms with Crippen molar-refractivity contribution in [2.24, 2.45) is 5.73 Å². The first kappa shape index (κ1) is 10.7. The summed E-state index contributed by atoms with van der Waals surface area (Å²) in [5.41, 5.74) is 6.97. The van der Waals surface area contributed by atoms with Crippen molar-refractivity contribution in [3.05, 3.63) is 36.0 Å². The largest absolute Gasteiger partial charge is 0.392 e. The molecule has 1 heterocycles. The van der Waals surface area contributed by atoms with Crippen molar-refractivity contribution in [2.45, 2.75) is 19.6 Å². The number of carbonyl (C=O) groups excluding carboxylic acids is 1. The van der Waals surface area contributed by atoms with Gasteiger partial charge in [-0.15, -0.1) is 0 Å². The molecule has 2 aromatic rings. The van der Waals surface area contributed by atoms with Gasteiger partial charge >= 0.3 is 0 Å². The lowest BCUT2D eigenvalue weighted by Crippen LogP contribution is -2.13. The molecule has 16 heavy (non-hydrogen) atoms. The quantitative estimate of drug-likeness (QED) is 0.804. The van der Waals surface area contributed by atoms with Crippen molar-refractivity contribution in [1.29, 1.82) is 0 Å². The van der Waals surface area contributed by atoms with Crippen LogP contribution in [0.1, 0.15) is 12.0 Å². The summed E-state index contributed by atoms with van der Waals surface area (Å²) in [6.45, 7) is 0.549. The number of primary amides is 1. The fraction of sp³-hybridized carbons (Fsp3) is 0.250. The maximum absolute atomic E-state index is 10.7. The molecule has 1 amide bonds. The van der Waals surface area contributed by atoms with Crippen molar-refractivity contribution in [1.82, 2.24) is 4.57 Å². The highest BCUT2D eigenvalue weighted by atomic mass is 16.3. The van der Waals surface area contributed by atoms with Crippen LogP contribution < -0.4 is 5.73 Å². The van der Waals surface area contributed by atoms with E-state index in [0.717, 1.165) is 16.5 Å². The Morgan fingerprint density at radius 1 is 1.38 bits per heavy atom. The van der Waals surface area contributed by atoms with E-state index in [2.05, 4.69) is 0 Å². The van der Waals surface area contributed by atoms with Gasteiger partial charge in [0.25, 0.3) is 0 Å². The molecule has 2 rings (SSSR count). The van der Waals surface area contributed by atoms with Gasteiger partial charge in [-0.2, -0.15) is 0 Å². The SMILES string of the molecule is NC(=O)CCn1ccc2cccc(CO)c21. The van der Waals surface area contributed by atoms with Gasteiger partial charge in [-0.05, 0) is 11.5 Å². The monoisotopic (exact) mass is 218 g/mol. The minimum absolute atomic E-state index is 0.00206. The van der Waals surface area contributed by atoms with Crippen LogP contribution in [0.3, 0.4) is 0 Å². The standard InChI is InChI=1S/C12H14N2O2/c13-11(16)5-7-14-6-4-9-2-1-3-10(8-15)12(9)14/h1-4,6,15H,5,7-8H2,(H2,13,16). The van der Waals surface area contributed by atoms with Crippen molar-refractivity contribution >= 4 is 16.8 Å². The number of aryl methyl sites for hydroxylation is 1. The van der Waals surface area contributed by atoms with Gasteiger partial charge in [0.15, 0.2) is 0 Å². The summed E-state index contributed by atoms with van der Waals surface area (Å²) in [6.07, 6.45) is 2.22. The van der Waals surface area contributed by atoms with Crippen molar-refractivity contribution < 1.29 is 9.90 Å². The molecule has 84 valence electrons. The summed E-state index contributed by atoms with van der Waals surface area (Å²) in [4.78, 5) is 10.7. The molecule has 0 saturated carbocycles. The number of fused-ring (bicyclic) bond motifs is 1. The topological polar surface area (TPSA) is 68.2 Å². The van der Waals surface area contributed by atoms with Gasteiger partial charge in [0.2, 0.25) is 5.91 Å². The Labute approximate surface area is 93.3 Å². The second kappa shape index (κ2) is 4.37. The molecule has 4 heteroatoms. The molecular formula is C12H14N2O2. The van der Waals surface area contributed by atoms with Gasteiger partial charge in [-0.25, -0.2) is 0 Å². The number of para-hydroxylation sites is 1. The zero-order chi connectivity index (χ0) is 11.5. The fourth-order valence-electron chi connectivity index (χ4n) is 1.89. The molecule has 0 atom stereocenters. The lowest BCUT2D eigenvalue weighted by Gasteiger charge is -2.07. The minimum Gasteiger partial charge on any atom is -0.392 e. The van der Waals surface area contributed by atoms with E-state index in [1.54, 1.807) is 0 Å². The van der Waals surface area contributed by atoms with Crippen LogP contribution in [0, 0.1) is 0 Å². The van der Waals surface area contributed by atoms with Gasteiger partial charge in [-0.3, -0.25) is 4.79 Å². The van der Waals surface area contributed by atoms with Gasteiger partial charge in [-0.1, -0.05) is 18.2 Å². The number of amides is 1. The van der Waals surface area contributed by atoms with Crippen LogP contribution in [0.15, 0.2) is 30.5 Å². The third kappa shape index (κ3) is 1.92. The number of nitrogens with zero attached hydrogens (tertiary/aromatic N) is 1. The first-order chi connectivity index (χ1) is 7.72. The molecule has 0 unspecified atom stereocenters. The van der Waals surface area contributed by atoms with Crippen molar-refractivity contribution in [3.63, 3.8) is 0 Å². The summed E-state index contributed by atoms with van der Waals surface area (Å²) < 4.78 is 1.95. The summed E-state index contributed by atoms with van der Waals surface area (Å²) >= 11 is 0. The molecule has 0 aliphatic heterocycles. The second-order valence-corrected chi connectivity index (χ2v) is 3.74. The van der Waals surface area contributed by atoms with E-state index in [1.165, 1.54) is 0 Å². The van der Waals surface area contributed by atoms with Crippen LogP contribution >= 0.6 is 0 Å². The van der Waals surface area contributed by atoms with E-state index in [4.69, 9.17) is 5.73 Å². The highest BCUT2D eigenvalue weighted by molar-refractivity contribution is 5.83. The number of hydrogen-bond donors (Lipinski definition) is 2. The van der Waals surface area contributed by atoms with E-state index in [1.807, 2.05) is 35.0 Å². The summed E-state index contributed by atoms with van der Waals surface area (Å²) in [5, 5.41) is 10.3. The highest BCUT2D eigenvalue weighted by Gasteiger charge is 2.06. The van der Waals surface area contributed by atoms with E-state index in [0.29, 0.717) is 13.0 Å². The van der Waals surface area contributed by atoms with Crippen LogP contribution in [0.25, 0.3) is 10.9 Å². The molecule has 3 N–H and O–H groups in total. The number of hydrogen-bond acceptors (Lipinski definition) is 2. The number of benzene rings is 1. The molecule has 4 nitrogen and oxygen atoms in total. The Balaban J connectivity index is 2.41. The molecule has 0 aliphatic rings. The van der Waals surface area contributed by atoms with Crippen LogP contribution in [0.5, 0.6) is 0 Å². The molecule has 1 aromatic heterocycles. The van der Waals surface area contributed by atoms with Crippen LogP contribution in [0.2, 0.25) is 0 Å². The Bertz CT molecular complexity index is 517. The van der Waals surface area contributed by atoms with Gasteiger partial charge in [0, 0.05) is 24.7 Å². The van der Waals surface area contributed by atoms with Crippen molar-refractivity contribution in [2.75, 3.05) is 0 Å². The maximum Gasteiger partial charge on any atom is 0.219 e. The normalized spacial score (nSPS) is 10.8. The smallest absolute Gasteiger partial charge is 0.219 e. The fourth-order valence-corrected chi connectivity index (χ4v) is 1.89. The lowest BCUT2D eigenvalue weighted by molar-refractivity contribution is -0.118. The Morgan fingerprint density at radius 2 is 2.19 bits per heavy atom. The Morgan fingerprint density at radius 3 is 2.88 bits per heavy atom. The lowest BCUT2D eigenvalue weighted by atomic mass is 10.1. The number of carbonyl (C=O) groups is 1. The first-order valence-electron chi connectivity index (χ1n) is 5.18. The molecule has 0 aliphatic carbocycles. The van der Waals surface area contributed by atoms with Crippen LogP contribution in [0.4, 0.5) is 0 Å². The molecule has 0 fully saturated rings. The predicted molar refractivity (Wildman–Crippen MR) is 61.7 cm³/mol. The summed E-state index contributed by atoms with van der Waals surface area (Å²) in [6, 6.07) is 7.74. The van der Waals surface area contributed by atoms with Crippen molar-refractivity contribution in [3.8, 4) is 0 Å². The maximum atomic E-state index is 10.7. The summed E-state index contributed by atoms with van der Waals surface area (Å²) in [5.74, 6) is -0.316. The molecule has 0 spiro atoms. The molecule has 1 aromatic carbocycles. The zero-order valence-corrected chi connectivity index (χ0v) is 8.89. The number of aliphatic hydroxyl groups is 1. The Hall–Kier alpha value is -1.81. The summed E-state index contributed by atoms with van der Waals surface area (Å²) in [7, 11) is 0. The average molecular weight is 218 g/mol. The second-order valence-electron chi connectivity index (χ2n) is 3.74. The van der Waals surface area contributed by atoms with Crippen LogP contribution in [-0.2, 0) is 17.9 Å². The predicted octanol–water partition coefficient (Wildman–Crippen LogP) is 1.01. The third-order valence-electron chi connectivity index (χ3n) is 2.64.